The molecule has 23 heavy (non-hydrogen) atoms. The van der Waals surface area contributed by atoms with E-state index in [9.17, 15) is 15.0 Å². The summed E-state index contributed by atoms with van der Waals surface area (Å²) in [6.45, 7) is 5.31. The Morgan fingerprint density at radius 1 is 1.13 bits per heavy atom. The highest BCUT2D eigenvalue weighted by Crippen LogP contribution is 2.18. The topological polar surface area (TPSA) is 72.8 Å². The van der Waals surface area contributed by atoms with Gasteiger partial charge in [-0.25, -0.2) is 0 Å². The van der Waals surface area contributed by atoms with E-state index in [1.807, 2.05) is 4.90 Å². The van der Waals surface area contributed by atoms with Crippen LogP contribution in [0.25, 0.3) is 0 Å². The molecule has 0 aromatic heterocycles. The van der Waals surface area contributed by atoms with Crippen molar-refractivity contribution in [1.29, 1.82) is 0 Å². The summed E-state index contributed by atoms with van der Waals surface area (Å²) in [5, 5.41) is 22.4. The number of carbonyl (C=O) groups is 1. The Bertz CT molecular complexity index is 323. The van der Waals surface area contributed by atoms with Gasteiger partial charge in [-0.15, -0.1) is 0 Å². The van der Waals surface area contributed by atoms with Crippen LogP contribution in [0.4, 0.5) is 0 Å². The number of aliphatic carboxylic acids is 1. The minimum Gasteiger partial charge on any atom is -0.480 e. The van der Waals surface area contributed by atoms with E-state index in [1.54, 1.807) is 6.92 Å². The maximum absolute atomic E-state index is 11.4. The molecule has 1 rings (SSSR count). The van der Waals surface area contributed by atoms with Crippen molar-refractivity contribution < 1.29 is 15.0 Å². The van der Waals surface area contributed by atoms with Crippen LogP contribution in [-0.2, 0) is 4.79 Å². The Morgan fingerprint density at radius 2 is 1.70 bits per heavy atom. The number of carboxylic acids is 1. The standard InChI is InChI=1S/C18H36N2O3/c1-3-4-5-6-7-8-9-10-11-12-16-19-13-14-20(16)17(15(2)21)18(22)23/h15-17,19,21H,3-14H2,1-2H3,(H,22,23). The molecular weight excluding hydrogens is 292 g/mol. The van der Waals surface area contributed by atoms with Crippen LogP contribution >= 0.6 is 0 Å². The van der Waals surface area contributed by atoms with Crippen LogP contribution in [0.1, 0.15) is 78.1 Å². The zero-order chi connectivity index (χ0) is 17.1. The number of carboxylic acid groups (broad SMARTS) is 1. The molecule has 1 fully saturated rings. The second-order valence-corrected chi connectivity index (χ2v) is 6.85. The third-order valence-corrected chi connectivity index (χ3v) is 4.80. The lowest BCUT2D eigenvalue weighted by atomic mass is 10.0. The highest BCUT2D eigenvalue weighted by atomic mass is 16.4. The van der Waals surface area contributed by atoms with E-state index in [0.717, 1.165) is 19.4 Å². The minimum absolute atomic E-state index is 0.0928. The van der Waals surface area contributed by atoms with E-state index in [1.165, 1.54) is 51.4 Å². The highest BCUT2D eigenvalue weighted by Gasteiger charge is 2.36. The molecule has 0 aromatic rings. The summed E-state index contributed by atoms with van der Waals surface area (Å²) in [6, 6.07) is -0.798. The lowest BCUT2D eigenvalue weighted by molar-refractivity contribution is -0.148. The molecule has 136 valence electrons. The van der Waals surface area contributed by atoms with Crippen LogP contribution in [0.2, 0.25) is 0 Å². The Morgan fingerprint density at radius 3 is 2.22 bits per heavy atom. The maximum Gasteiger partial charge on any atom is 0.323 e. The number of hydrogen-bond acceptors (Lipinski definition) is 4. The molecule has 3 atom stereocenters. The van der Waals surface area contributed by atoms with Gasteiger partial charge in [0.2, 0.25) is 0 Å². The summed E-state index contributed by atoms with van der Waals surface area (Å²) in [7, 11) is 0. The summed E-state index contributed by atoms with van der Waals surface area (Å²) in [6.07, 6.45) is 11.9. The van der Waals surface area contributed by atoms with Gasteiger partial charge in [0, 0.05) is 13.1 Å². The van der Waals surface area contributed by atoms with Crippen LogP contribution in [0.15, 0.2) is 0 Å². The molecular formula is C18H36N2O3. The first-order chi connectivity index (χ1) is 11.1. The zero-order valence-electron chi connectivity index (χ0n) is 15.0. The summed E-state index contributed by atoms with van der Waals surface area (Å²) >= 11 is 0. The van der Waals surface area contributed by atoms with Gasteiger partial charge < -0.3 is 15.5 Å². The van der Waals surface area contributed by atoms with E-state index in [-0.39, 0.29) is 6.17 Å². The predicted molar refractivity (Wildman–Crippen MR) is 93.4 cm³/mol. The minimum atomic E-state index is -0.930. The molecule has 3 N–H and O–H groups in total. The summed E-state index contributed by atoms with van der Waals surface area (Å²) in [4.78, 5) is 13.3. The number of nitrogens with one attached hydrogen (secondary N) is 1. The number of unbranched alkanes of at least 4 members (excludes halogenated alkanes) is 8. The van der Waals surface area contributed by atoms with Crippen molar-refractivity contribution in [3.05, 3.63) is 0 Å². The number of aliphatic hydroxyl groups is 1. The average Bonchev–Trinajstić information content (AvgIpc) is 2.93. The third-order valence-electron chi connectivity index (χ3n) is 4.80. The second kappa shape index (κ2) is 11.8. The second-order valence-electron chi connectivity index (χ2n) is 6.85. The molecule has 1 aliphatic heterocycles. The molecule has 0 bridgehead atoms. The Kier molecular flexibility index (Phi) is 10.5. The van der Waals surface area contributed by atoms with Gasteiger partial charge in [0.15, 0.2) is 0 Å². The normalized spacial score (nSPS) is 21.4. The molecule has 5 heteroatoms. The summed E-state index contributed by atoms with van der Waals surface area (Å²) in [5.74, 6) is -0.930. The summed E-state index contributed by atoms with van der Waals surface area (Å²) in [5.41, 5.74) is 0. The summed E-state index contributed by atoms with van der Waals surface area (Å²) < 4.78 is 0. The Balaban J connectivity index is 2.17. The largest absolute Gasteiger partial charge is 0.480 e. The number of nitrogens with zero attached hydrogens (tertiary/aromatic N) is 1. The molecule has 0 spiro atoms. The molecule has 0 aliphatic carbocycles. The van der Waals surface area contributed by atoms with Crippen molar-refractivity contribution in [1.82, 2.24) is 10.2 Å². The quantitative estimate of drug-likeness (QED) is 0.453. The van der Waals surface area contributed by atoms with Gasteiger partial charge in [-0.3, -0.25) is 9.69 Å². The maximum atomic E-state index is 11.4. The van der Waals surface area contributed by atoms with Crippen LogP contribution in [0.3, 0.4) is 0 Å². The first-order valence-corrected chi connectivity index (χ1v) is 9.48. The fraction of sp³-hybridized carbons (Fsp3) is 0.944. The van der Waals surface area contributed by atoms with Crippen molar-refractivity contribution in [3.63, 3.8) is 0 Å². The molecule has 5 nitrogen and oxygen atoms in total. The molecule has 0 amide bonds. The van der Waals surface area contributed by atoms with Gasteiger partial charge >= 0.3 is 5.97 Å². The van der Waals surface area contributed by atoms with E-state index in [2.05, 4.69) is 12.2 Å². The average molecular weight is 328 g/mol. The number of rotatable bonds is 13. The molecule has 0 aromatic carbocycles. The van der Waals surface area contributed by atoms with Crippen molar-refractivity contribution in [2.75, 3.05) is 13.1 Å². The van der Waals surface area contributed by atoms with Gasteiger partial charge in [0.25, 0.3) is 0 Å². The van der Waals surface area contributed by atoms with Gasteiger partial charge in [-0.1, -0.05) is 64.7 Å². The highest BCUT2D eigenvalue weighted by molar-refractivity contribution is 5.74. The molecule has 0 saturated carbocycles. The molecule has 0 radical (unpaired) electrons. The smallest absolute Gasteiger partial charge is 0.323 e. The zero-order valence-corrected chi connectivity index (χ0v) is 15.0. The molecule has 1 heterocycles. The van der Waals surface area contributed by atoms with Crippen molar-refractivity contribution in [3.8, 4) is 0 Å². The monoisotopic (exact) mass is 328 g/mol. The lowest BCUT2D eigenvalue weighted by Gasteiger charge is -2.31. The van der Waals surface area contributed by atoms with E-state index < -0.39 is 18.1 Å². The van der Waals surface area contributed by atoms with Crippen LogP contribution in [0.5, 0.6) is 0 Å². The van der Waals surface area contributed by atoms with Crippen LogP contribution < -0.4 is 5.32 Å². The SMILES string of the molecule is CCCCCCCCCCCC1NCCN1C(C(=O)O)C(C)O. The Hall–Kier alpha value is -0.650. The van der Waals surface area contributed by atoms with Crippen molar-refractivity contribution in [2.24, 2.45) is 0 Å². The molecule has 1 aliphatic rings. The van der Waals surface area contributed by atoms with Gasteiger partial charge in [-0.05, 0) is 13.3 Å². The molecule has 3 unspecified atom stereocenters. The fourth-order valence-electron chi connectivity index (χ4n) is 3.51. The first-order valence-electron chi connectivity index (χ1n) is 9.48. The first kappa shape index (κ1) is 20.4. The Labute approximate surface area is 141 Å². The van der Waals surface area contributed by atoms with E-state index >= 15 is 0 Å². The van der Waals surface area contributed by atoms with Gasteiger partial charge in [0.1, 0.15) is 6.04 Å². The van der Waals surface area contributed by atoms with E-state index in [4.69, 9.17) is 0 Å². The van der Waals surface area contributed by atoms with Crippen molar-refractivity contribution in [2.45, 2.75) is 96.4 Å². The lowest BCUT2D eigenvalue weighted by Crippen LogP contribution is -2.51. The van der Waals surface area contributed by atoms with E-state index in [0.29, 0.717) is 6.54 Å². The number of aliphatic hydroxyl groups excluding tert-OH is 1. The van der Waals surface area contributed by atoms with Crippen LogP contribution in [0, 0.1) is 0 Å². The number of hydrogen-bond donors (Lipinski definition) is 3. The fourth-order valence-corrected chi connectivity index (χ4v) is 3.51. The van der Waals surface area contributed by atoms with Crippen LogP contribution in [-0.4, -0.2) is 52.5 Å². The predicted octanol–water partition coefficient (Wildman–Crippen LogP) is 2.97. The molecule has 1 saturated heterocycles. The van der Waals surface area contributed by atoms with Gasteiger partial charge in [0.05, 0.1) is 12.3 Å². The third kappa shape index (κ3) is 7.64. The van der Waals surface area contributed by atoms with Gasteiger partial charge in [-0.2, -0.15) is 0 Å². The van der Waals surface area contributed by atoms with Crippen molar-refractivity contribution >= 4 is 5.97 Å².